The second-order valence-electron chi connectivity index (χ2n) is 4.91. The Morgan fingerprint density at radius 3 is 2.38 bits per heavy atom. The van der Waals surface area contributed by atoms with E-state index in [1.54, 1.807) is 0 Å². The van der Waals surface area contributed by atoms with Gasteiger partial charge in [-0.25, -0.2) is 0 Å². The molecule has 0 aliphatic heterocycles. The zero-order chi connectivity index (χ0) is 11.9. The summed E-state index contributed by atoms with van der Waals surface area (Å²) in [6.07, 6.45) is 3.91. The predicted octanol–water partition coefficient (Wildman–Crippen LogP) is 4.41. The van der Waals surface area contributed by atoms with E-state index in [4.69, 9.17) is 0 Å². The van der Waals surface area contributed by atoms with Crippen LogP contribution in [0.5, 0.6) is 0 Å². The summed E-state index contributed by atoms with van der Waals surface area (Å²) < 4.78 is 0. The molecular weight excluding hydrogens is 192 g/mol. The van der Waals surface area contributed by atoms with Crippen LogP contribution in [0.1, 0.15) is 30.5 Å². The van der Waals surface area contributed by atoms with Crippen molar-refractivity contribution in [1.82, 2.24) is 0 Å². The highest BCUT2D eigenvalue weighted by molar-refractivity contribution is 5.87. The summed E-state index contributed by atoms with van der Waals surface area (Å²) in [5, 5.41) is 0. The Hall–Kier alpha value is -1.56. The highest BCUT2D eigenvalue weighted by Crippen LogP contribution is 2.47. The lowest BCUT2D eigenvalue weighted by molar-refractivity contribution is 0.654. The summed E-state index contributed by atoms with van der Waals surface area (Å²) in [5.41, 5.74) is 6.56. The van der Waals surface area contributed by atoms with Crippen molar-refractivity contribution < 1.29 is 0 Å². The third-order valence-corrected chi connectivity index (χ3v) is 3.51. The first-order valence-corrected chi connectivity index (χ1v) is 5.63. The summed E-state index contributed by atoms with van der Waals surface area (Å²) in [6.45, 7) is 14.5. The third kappa shape index (κ3) is 1.30. The molecule has 1 aromatic carbocycles. The van der Waals surface area contributed by atoms with E-state index in [9.17, 15) is 0 Å². The molecule has 0 fully saturated rings. The Bertz CT molecular complexity index is 499. The molecule has 0 heteroatoms. The number of allylic oxidation sites excluding steroid dienone is 4. The van der Waals surface area contributed by atoms with Crippen LogP contribution in [0.25, 0.3) is 5.57 Å². The fourth-order valence-corrected chi connectivity index (χ4v) is 2.62. The van der Waals surface area contributed by atoms with Crippen molar-refractivity contribution >= 4 is 5.57 Å². The van der Waals surface area contributed by atoms with Crippen molar-refractivity contribution in [2.24, 2.45) is 0 Å². The minimum Gasteiger partial charge on any atom is -0.0987 e. The van der Waals surface area contributed by atoms with Crippen LogP contribution in [-0.2, 0) is 5.41 Å². The van der Waals surface area contributed by atoms with E-state index in [-0.39, 0.29) is 5.41 Å². The first kappa shape index (κ1) is 10.9. The van der Waals surface area contributed by atoms with Crippen LogP contribution < -0.4 is 0 Å². The second kappa shape index (κ2) is 3.48. The maximum absolute atomic E-state index is 3.94. The molecule has 1 aromatic rings. The van der Waals surface area contributed by atoms with Crippen LogP contribution in [0.15, 0.2) is 49.1 Å². The summed E-state index contributed by atoms with van der Waals surface area (Å²) in [4.78, 5) is 0. The van der Waals surface area contributed by atoms with Gasteiger partial charge >= 0.3 is 0 Å². The van der Waals surface area contributed by atoms with E-state index >= 15 is 0 Å². The molecule has 0 aromatic heterocycles. The molecule has 0 nitrogen and oxygen atoms in total. The smallest absolute Gasteiger partial charge is 0.0158 e. The van der Waals surface area contributed by atoms with Crippen LogP contribution in [0, 0.1) is 6.92 Å². The highest BCUT2D eigenvalue weighted by Gasteiger charge is 2.34. The number of rotatable bonds is 2. The van der Waals surface area contributed by atoms with Crippen LogP contribution in [-0.4, -0.2) is 0 Å². The summed E-state index contributed by atoms with van der Waals surface area (Å²) in [6, 6.07) is 6.62. The van der Waals surface area contributed by atoms with Crippen molar-refractivity contribution in [1.29, 1.82) is 0 Å². The zero-order valence-electron chi connectivity index (χ0n) is 10.3. The third-order valence-electron chi connectivity index (χ3n) is 3.51. The maximum atomic E-state index is 3.94. The number of hydrogen-bond donors (Lipinski definition) is 0. The Labute approximate surface area is 98.0 Å². The second-order valence-corrected chi connectivity index (χ2v) is 4.91. The number of benzene rings is 1. The van der Waals surface area contributed by atoms with Gasteiger partial charge in [0.1, 0.15) is 0 Å². The molecule has 0 heterocycles. The zero-order valence-corrected chi connectivity index (χ0v) is 10.3. The molecule has 0 saturated carbocycles. The fraction of sp³-hybridized carbons (Fsp3) is 0.250. The Morgan fingerprint density at radius 2 is 1.81 bits per heavy atom. The van der Waals surface area contributed by atoms with Crippen molar-refractivity contribution in [3.63, 3.8) is 0 Å². The Balaban J connectivity index is 2.78. The van der Waals surface area contributed by atoms with Gasteiger partial charge in [0.25, 0.3) is 0 Å². The lowest BCUT2D eigenvalue weighted by Crippen LogP contribution is -2.16. The Morgan fingerprint density at radius 1 is 1.12 bits per heavy atom. The minimum atomic E-state index is 0.0482. The largest absolute Gasteiger partial charge is 0.0987 e. The molecule has 0 radical (unpaired) electrons. The Kier molecular flexibility index (Phi) is 2.38. The fourth-order valence-electron chi connectivity index (χ4n) is 2.62. The maximum Gasteiger partial charge on any atom is 0.0158 e. The van der Waals surface area contributed by atoms with Gasteiger partial charge in [-0.3, -0.25) is 0 Å². The van der Waals surface area contributed by atoms with Crippen LogP contribution in [0.3, 0.4) is 0 Å². The average Bonchev–Trinajstić information content (AvgIpc) is 2.46. The van der Waals surface area contributed by atoms with Crippen molar-refractivity contribution in [2.75, 3.05) is 0 Å². The van der Waals surface area contributed by atoms with Gasteiger partial charge in [0, 0.05) is 5.41 Å². The van der Waals surface area contributed by atoms with E-state index in [1.165, 1.54) is 27.8 Å². The molecule has 0 amide bonds. The van der Waals surface area contributed by atoms with E-state index in [0.717, 1.165) is 0 Å². The molecule has 1 aliphatic carbocycles. The van der Waals surface area contributed by atoms with E-state index in [1.807, 2.05) is 12.2 Å². The number of hydrogen-bond acceptors (Lipinski definition) is 0. The van der Waals surface area contributed by atoms with Gasteiger partial charge in [0.2, 0.25) is 0 Å². The highest BCUT2D eigenvalue weighted by atomic mass is 14.4. The molecule has 82 valence electrons. The molecule has 0 atom stereocenters. The molecule has 0 unspecified atom stereocenters. The molecule has 16 heavy (non-hydrogen) atoms. The van der Waals surface area contributed by atoms with E-state index in [0.29, 0.717) is 0 Å². The summed E-state index contributed by atoms with van der Waals surface area (Å²) >= 11 is 0. The van der Waals surface area contributed by atoms with Gasteiger partial charge in [0.05, 0.1) is 0 Å². The molecule has 0 saturated heterocycles. The first-order valence-electron chi connectivity index (χ1n) is 5.63. The van der Waals surface area contributed by atoms with Gasteiger partial charge < -0.3 is 0 Å². The van der Waals surface area contributed by atoms with E-state index < -0.39 is 0 Å². The molecule has 2 rings (SSSR count). The molecule has 0 spiro atoms. The SMILES string of the molecule is C=CC1=C(C=C)C(C)(C)c2cc(C)ccc21. The molecule has 0 bridgehead atoms. The molecular formula is C16H18. The molecule has 0 N–H and O–H groups in total. The van der Waals surface area contributed by atoms with Crippen molar-refractivity contribution in [3.8, 4) is 0 Å². The standard InChI is InChI=1S/C16H18/c1-6-12-13-9-8-11(3)10-15(13)16(4,5)14(12)7-2/h6-10H,1-2H2,3-5H3. The monoisotopic (exact) mass is 210 g/mol. The normalized spacial score (nSPS) is 17.2. The van der Waals surface area contributed by atoms with E-state index in [2.05, 4.69) is 52.1 Å². The molecule has 1 aliphatic rings. The summed E-state index contributed by atoms with van der Waals surface area (Å²) in [5.74, 6) is 0. The summed E-state index contributed by atoms with van der Waals surface area (Å²) in [7, 11) is 0. The van der Waals surface area contributed by atoms with Crippen LogP contribution in [0.2, 0.25) is 0 Å². The van der Waals surface area contributed by atoms with Gasteiger partial charge in [-0.05, 0) is 29.2 Å². The predicted molar refractivity (Wildman–Crippen MR) is 71.5 cm³/mol. The number of fused-ring (bicyclic) bond motifs is 1. The van der Waals surface area contributed by atoms with Gasteiger partial charge in [-0.15, -0.1) is 0 Å². The lowest BCUT2D eigenvalue weighted by atomic mass is 9.81. The average molecular weight is 210 g/mol. The topological polar surface area (TPSA) is 0 Å². The lowest BCUT2D eigenvalue weighted by Gasteiger charge is -2.22. The first-order chi connectivity index (χ1) is 7.52. The van der Waals surface area contributed by atoms with Gasteiger partial charge in [-0.1, -0.05) is 62.9 Å². The van der Waals surface area contributed by atoms with Gasteiger partial charge in [0.15, 0.2) is 0 Å². The quantitative estimate of drug-likeness (QED) is 0.678. The minimum absolute atomic E-state index is 0.0482. The van der Waals surface area contributed by atoms with Crippen molar-refractivity contribution in [3.05, 3.63) is 65.8 Å². The van der Waals surface area contributed by atoms with Crippen LogP contribution in [0.4, 0.5) is 0 Å². The number of aryl methyl sites for hydroxylation is 1. The van der Waals surface area contributed by atoms with Crippen LogP contribution >= 0.6 is 0 Å². The van der Waals surface area contributed by atoms with Crippen molar-refractivity contribution in [2.45, 2.75) is 26.2 Å². The van der Waals surface area contributed by atoms with Gasteiger partial charge in [-0.2, -0.15) is 0 Å².